The highest BCUT2D eigenvalue weighted by Gasteiger charge is 2.21. The number of aryl methyl sites for hydroxylation is 1. The Hall–Kier alpha value is -0.940. The Morgan fingerprint density at radius 3 is 2.65 bits per heavy atom. The third-order valence-electron chi connectivity index (χ3n) is 2.95. The molecule has 96 valence electrons. The summed E-state index contributed by atoms with van der Waals surface area (Å²) in [5, 5.41) is 12.0. The van der Waals surface area contributed by atoms with Crippen LogP contribution in [0.5, 0.6) is 0 Å². The third kappa shape index (κ3) is 3.78. The van der Waals surface area contributed by atoms with Crippen LogP contribution in [0.4, 0.5) is 0 Å². The van der Waals surface area contributed by atoms with E-state index in [0.29, 0.717) is 6.54 Å². The van der Waals surface area contributed by atoms with E-state index in [1.54, 1.807) is 18.3 Å². The molecule has 0 aromatic carbocycles. The summed E-state index contributed by atoms with van der Waals surface area (Å²) in [5.74, 6) is -1.10. The van der Waals surface area contributed by atoms with Crippen molar-refractivity contribution in [1.29, 1.82) is 0 Å². The zero-order valence-electron chi connectivity index (χ0n) is 10.8. The molecular weight excluding hydrogens is 236 g/mol. The van der Waals surface area contributed by atoms with Crippen LogP contribution in [0, 0.1) is 12.8 Å². The van der Waals surface area contributed by atoms with E-state index in [4.69, 9.17) is 5.11 Å². The van der Waals surface area contributed by atoms with Gasteiger partial charge in [-0.1, -0.05) is 13.8 Å². The van der Waals surface area contributed by atoms with Crippen LogP contribution in [0.3, 0.4) is 0 Å². The highest BCUT2D eigenvalue weighted by molar-refractivity contribution is 7.09. The number of aromatic nitrogens is 1. The number of carboxylic acids is 1. The van der Waals surface area contributed by atoms with Gasteiger partial charge in [-0.15, -0.1) is 11.3 Å². The van der Waals surface area contributed by atoms with E-state index >= 15 is 0 Å². The van der Waals surface area contributed by atoms with E-state index in [9.17, 15) is 4.79 Å². The molecule has 1 heterocycles. The van der Waals surface area contributed by atoms with E-state index in [2.05, 4.69) is 16.8 Å². The van der Waals surface area contributed by atoms with Gasteiger partial charge in [-0.05, 0) is 20.4 Å². The van der Waals surface area contributed by atoms with E-state index in [0.717, 1.165) is 17.2 Å². The van der Waals surface area contributed by atoms with Crippen LogP contribution in [0.2, 0.25) is 0 Å². The lowest BCUT2D eigenvalue weighted by molar-refractivity contribution is -0.141. The maximum absolute atomic E-state index is 10.9. The number of hydrogen-bond acceptors (Lipinski definition) is 4. The monoisotopic (exact) mass is 256 g/mol. The fraction of sp³-hybridized carbons (Fsp3) is 0.667. The second kappa shape index (κ2) is 6.12. The SMILES string of the molecule is CCN(CC(C)C(=O)O)C(C)c1csc(C)n1. The van der Waals surface area contributed by atoms with Gasteiger partial charge in [0.15, 0.2) is 0 Å². The summed E-state index contributed by atoms with van der Waals surface area (Å²) >= 11 is 1.63. The quantitative estimate of drug-likeness (QED) is 0.850. The molecule has 5 heteroatoms. The van der Waals surface area contributed by atoms with Gasteiger partial charge < -0.3 is 5.11 Å². The standard InChI is InChI=1S/C12H20N2O2S/c1-5-14(6-8(2)12(15)16)9(3)11-7-17-10(4)13-11/h7-9H,5-6H2,1-4H3,(H,15,16). The van der Waals surface area contributed by atoms with Crippen LogP contribution in [0.15, 0.2) is 5.38 Å². The predicted octanol–water partition coefficient (Wildman–Crippen LogP) is 2.56. The number of carboxylic acid groups (broad SMARTS) is 1. The number of nitrogens with zero attached hydrogens (tertiary/aromatic N) is 2. The van der Waals surface area contributed by atoms with Gasteiger partial charge in [0.2, 0.25) is 0 Å². The first kappa shape index (κ1) is 14.1. The maximum atomic E-state index is 10.9. The summed E-state index contributed by atoms with van der Waals surface area (Å²) < 4.78 is 0. The summed E-state index contributed by atoms with van der Waals surface area (Å²) in [6.45, 7) is 9.23. The average Bonchev–Trinajstić information content (AvgIpc) is 2.71. The van der Waals surface area contributed by atoms with Gasteiger partial charge in [0.1, 0.15) is 0 Å². The third-order valence-corrected chi connectivity index (χ3v) is 3.74. The Balaban J connectivity index is 2.70. The summed E-state index contributed by atoms with van der Waals surface area (Å²) in [6.07, 6.45) is 0. The van der Waals surface area contributed by atoms with Crippen molar-refractivity contribution in [3.05, 3.63) is 16.1 Å². The van der Waals surface area contributed by atoms with Crippen LogP contribution in [0.1, 0.15) is 37.5 Å². The van der Waals surface area contributed by atoms with Crippen LogP contribution in [-0.4, -0.2) is 34.0 Å². The number of thiazole rings is 1. The molecule has 17 heavy (non-hydrogen) atoms. The lowest BCUT2D eigenvalue weighted by Crippen LogP contribution is -2.34. The molecule has 0 bridgehead atoms. The van der Waals surface area contributed by atoms with Crippen LogP contribution in [-0.2, 0) is 4.79 Å². The second-order valence-corrected chi connectivity index (χ2v) is 5.36. The number of hydrogen-bond donors (Lipinski definition) is 1. The largest absolute Gasteiger partial charge is 0.481 e. The Kier molecular flexibility index (Phi) is 5.08. The highest BCUT2D eigenvalue weighted by Crippen LogP contribution is 2.22. The lowest BCUT2D eigenvalue weighted by Gasteiger charge is -2.28. The zero-order valence-corrected chi connectivity index (χ0v) is 11.6. The topological polar surface area (TPSA) is 53.4 Å². The minimum absolute atomic E-state index is 0.173. The van der Waals surface area contributed by atoms with Crippen LogP contribution in [0.25, 0.3) is 0 Å². The minimum Gasteiger partial charge on any atom is -0.481 e. The minimum atomic E-state index is -0.745. The molecule has 1 aromatic heterocycles. The molecule has 4 nitrogen and oxygen atoms in total. The molecule has 0 aliphatic heterocycles. The fourth-order valence-corrected chi connectivity index (χ4v) is 2.45. The van der Waals surface area contributed by atoms with Crippen molar-refractivity contribution in [2.75, 3.05) is 13.1 Å². The molecule has 0 fully saturated rings. The van der Waals surface area contributed by atoms with Gasteiger partial charge >= 0.3 is 5.97 Å². The fourth-order valence-electron chi connectivity index (χ4n) is 1.75. The number of rotatable bonds is 6. The van der Waals surface area contributed by atoms with Gasteiger partial charge in [0.25, 0.3) is 0 Å². The molecule has 2 atom stereocenters. The first-order chi connectivity index (χ1) is 7.95. The van der Waals surface area contributed by atoms with Crippen molar-refractivity contribution >= 4 is 17.3 Å². The lowest BCUT2D eigenvalue weighted by atomic mass is 10.1. The summed E-state index contributed by atoms with van der Waals surface area (Å²) in [6, 6.07) is 0.173. The molecule has 0 spiro atoms. The van der Waals surface area contributed by atoms with E-state index in [1.165, 1.54) is 0 Å². The van der Waals surface area contributed by atoms with Crippen molar-refractivity contribution in [3.63, 3.8) is 0 Å². The summed E-state index contributed by atoms with van der Waals surface area (Å²) in [4.78, 5) is 17.5. The Labute approximate surface area is 106 Å². The van der Waals surface area contributed by atoms with E-state index in [1.807, 2.05) is 19.2 Å². The number of aliphatic carboxylic acids is 1. The van der Waals surface area contributed by atoms with Crippen molar-refractivity contribution in [2.24, 2.45) is 5.92 Å². The Morgan fingerprint density at radius 2 is 2.24 bits per heavy atom. The van der Waals surface area contributed by atoms with Gasteiger partial charge in [0.05, 0.1) is 22.7 Å². The highest BCUT2D eigenvalue weighted by atomic mass is 32.1. The molecule has 0 saturated heterocycles. The van der Waals surface area contributed by atoms with Crippen molar-refractivity contribution in [1.82, 2.24) is 9.88 Å². The molecule has 0 amide bonds. The molecule has 0 radical (unpaired) electrons. The predicted molar refractivity (Wildman–Crippen MR) is 69.3 cm³/mol. The van der Waals surface area contributed by atoms with Gasteiger partial charge in [-0.3, -0.25) is 9.69 Å². The number of carbonyl (C=O) groups is 1. The van der Waals surface area contributed by atoms with Crippen molar-refractivity contribution in [2.45, 2.75) is 33.7 Å². The van der Waals surface area contributed by atoms with Gasteiger partial charge in [-0.25, -0.2) is 4.98 Å². The molecule has 1 aromatic rings. The van der Waals surface area contributed by atoms with Crippen molar-refractivity contribution < 1.29 is 9.90 Å². The Bertz CT molecular complexity index is 378. The van der Waals surface area contributed by atoms with Crippen LogP contribution >= 0.6 is 11.3 Å². The average molecular weight is 256 g/mol. The second-order valence-electron chi connectivity index (χ2n) is 4.29. The van der Waals surface area contributed by atoms with E-state index < -0.39 is 5.97 Å². The molecule has 1 rings (SSSR count). The molecule has 0 aliphatic rings. The first-order valence-electron chi connectivity index (χ1n) is 5.84. The molecule has 0 aliphatic carbocycles. The van der Waals surface area contributed by atoms with Crippen molar-refractivity contribution in [3.8, 4) is 0 Å². The Morgan fingerprint density at radius 1 is 1.59 bits per heavy atom. The zero-order chi connectivity index (χ0) is 13.0. The van der Waals surface area contributed by atoms with Gasteiger partial charge in [0, 0.05) is 11.9 Å². The first-order valence-corrected chi connectivity index (χ1v) is 6.72. The molecule has 2 unspecified atom stereocenters. The summed E-state index contributed by atoms with van der Waals surface area (Å²) in [5.41, 5.74) is 1.03. The van der Waals surface area contributed by atoms with Gasteiger partial charge in [-0.2, -0.15) is 0 Å². The maximum Gasteiger partial charge on any atom is 0.307 e. The normalized spacial score (nSPS) is 14.9. The van der Waals surface area contributed by atoms with Crippen LogP contribution < -0.4 is 0 Å². The molecular formula is C12H20N2O2S. The van der Waals surface area contributed by atoms with E-state index in [-0.39, 0.29) is 12.0 Å². The summed E-state index contributed by atoms with van der Waals surface area (Å²) in [7, 11) is 0. The molecule has 0 saturated carbocycles. The smallest absolute Gasteiger partial charge is 0.307 e. The molecule has 1 N–H and O–H groups in total.